The quantitative estimate of drug-likeness (QED) is 0.497. The Kier molecular flexibility index (Phi) is 5.37. The monoisotopic (exact) mass is 399 g/mol. The lowest BCUT2D eigenvalue weighted by Crippen LogP contribution is -2.32. The Bertz CT molecular complexity index is 1240. The van der Waals surface area contributed by atoms with E-state index in [0.717, 1.165) is 16.5 Å². The highest BCUT2D eigenvalue weighted by Gasteiger charge is 2.16. The summed E-state index contributed by atoms with van der Waals surface area (Å²) in [6, 6.07) is 9.43. The Hall–Kier alpha value is -3.83. The largest absolute Gasteiger partial charge is 0.377 e. The van der Waals surface area contributed by atoms with Gasteiger partial charge in [0.2, 0.25) is 5.95 Å². The van der Waals surface area contributed by atoms with Crippen LogP contribution in [0.2, 0.25) is 0 Å². The molecule has 0 saturated heterocycles. The van der Waals surface area contributed by atoms with E-state index in [1.807, 2.05) is 32.0 Å². The van der Waals surface area contributed by atoms with Gasteiger partial charge in [0.05, 0.1) is 17.3 Å². The first kappa shape index (κ1) is 19.5. The summed E-state index contributed by atoms with van der Waals surface area (Å²) < 4.78 is 5.41. The number of rotatable bonds is 5. The maximum absolute atomic E-state index is 5.41. The van der Waals surface area contributed by atoms with E-state index >= 15 is 0 Å². The average molecular weight is 399 g/mol. The molecule has 0 aliphatic carbocycles. The van der Waals surface area contributed by atoms with Crippen molar-refractivity contribution in [2.24, 2.45) is 0 Å². The van der Waals surface area contributed by atoms with Crippen molar-refractivity contribution in [1.29, 1.82) is 0 Å². The number of ether oxygens (including phenoxy) is 1. The summed E-state index contributed by atoms with van der Waals surface area (Å²) in [5, 5.41) is 11.2. The van der Waals surface area contributed by atoms with Crippen LogP contribution in [0, 0.1) is 11.8 Å². The lowest BCUT2D eigenvalue weighted by atomic mass is 10.1. The molecule has 0 unspecified atom stereocenters. The lowest BCUT2D eigenvalue weighted by molar-refractivity contribution is 0.0342. The first-order chi connectivity index (χ1) is 14.5. The van der Waals surface area contributed by atoms with E-state index in [9.17, 15) is 0 Å². The van der Waals surface area contributed by atoms with E-state index in [2.05, 4.69) is 47.3 Å². The van der Waals surface area contributed by atoms with Crippen molar-refractivity contribution >= 4 is 16.9 Å². The van der Waals surface area contributed by atoms with Gasteiger partial charge in [0.15, 0.2) is 5.82 Å². The predicted molar refractivity (Wildman–Crippen MR) is 115 cm³/mol. The fourth-order valence-electron chi connectivity index (χ4n) is 2.64. The molecule has 0 fully saturated rings. The summed E-state index contributed by atoms with van der Waals surface area (Å²) in [6.07, 6.45) is 5.12. The normalized spacial score (nSPS) is 11.2. The van der Waals surface area contributed by atoms with Crippen LogP contribution in [0.15, 0.2) is 48.9 Å². The van der Waals surface area contributed by atoms with Gasteiger partial charge in [-0.3, -0.25) is 5.10 Å². The molecule has 1 aromatic carbocycles. The van der Waals surface area contributed by atoms with Gasteiger partial charge in [0, 0.05) is 37.0 Å². The third-order valence-electron chi connectivity index (χ3n) is 4.54. The second kappa shape index (κ2) is 8.27. The Morgan fingerprint density at radius 3 is 2.80 bits per heavy atom. The molecule has 0 saturated carbocycles. The van der Waals surface area contributed by atoms with Gasteiger partial charge in [-0.05, 0) is 50.1 Å². The molecule has 8 heteroatoms. The topological polar surface area (TPSA) is 102 Å². The molecule has 2 N–H and O–H groups in total. The van der Waals surface area contributed by atoms with Crippen molar-refractivity contribution in [3.8, 4) is 23.4 Å². The number of aromatic amines is 1. The van der Waals surface area contributed by atoms with E-state index in [1.54, 1.807) is 37.8 Å². The SMILES string of the molecule is COC(C)(C)CNc1nccc(-c2nccc(C#Cc3ccc4[nH]ncc4c3)n2)n1. The van der Waals surface area contributed by atoms with E-state index in [-0.39, 0.29) is 5.60 Å². The molecule has 8 nitrogen and oxygen atoms in total. The van der Waals surface area contributed by atoms with Crippen LogP contribution in [0.3, 0.4) is 0 Å². The van der Waals surface area contributed by atoms with Crippen molar-refractivity contribution in [3.05, 3.63) is 60.2 Å². The van der Waals surface area contributed by atoms with Crippen LogP contribution in [0.1, 0.15) is 25.1 Å². The molecule has 4 rings (SSSR count). The van der Waals surface area contributed by atoms with E-state index < -0.39 is 0 Å². The van der Waals surface area contributed by atoms with Crippen LogP contribution < -0.4 is 5.32 Å². The fourth-order valence-corrected chi connectivity index (χ4v) is 2.64. The van der Waals surface area contributed by atoms with Crippen LogP contribution in [0.4, 0.5) is 5.95 Å². The number of hydrogen-bond donors (Lipinski definition) is 2. The van der Waals surface area contributed by atoms with Crippen LogP contribution in [-0.4, -0.2) is 49.4 Å². The van der Waals surface area contributed by atoms with Crippen molar-refractivity contribution in [1.82, 2.24) is 30.1 Å². The molecule has 0 amide bonds. The van der Waals surface area contributed by atoms with Gasteiger partial charge in [-0.15, -0.1) is 0 Å². The molecular formula is C22H21N7O. The van der Waals surface area contributed by atoms with Crippen molar-refractivity contribution in [3.63, 3.8) is 0 Å². The number of nitrogens with zero attached hydrogens (tertiary/aromatic N) is 5. The van der Waals surface area contributed by atoms with Crippen LogP contribution in [0.5, 0.6) is 0 Å². The zero-order valence-electron chi connectivity index (χ0n) is 17.0. The first-order valence-electron chi connectivity index (χ1n) is 9.43. The van der Waals surface area contributed by atoms with Gasteiger partial charge in [-0.2, -0.15) is 5.10 Å². The zero-order chi connectivity index (χ0) is 21.0. The van der Waals surface area contributed by atoms with Gasteiger partial charge in [-0.1, -0.05) is 5.92 Å². The van der Waals surface area contributed by atoms with Crippen molar-refractivity contribution < 1.29 is 4.74 Å². The third-order valence-corrected chi connectivity index (χ3v) is 4.54. The number of methoxy groups -OCH3 is 1. The number of hydrogen-bond acceptors (Lipinski definition) is 7. The molecule has 30 heavy (non-hydrogen) atoms. The second-order valence-electron chi connectivity index (χ2n) is 7.27. The Morgan fingerprint density at radius 2 is 1.93 bits per heavy atom. The maximum atomic E-state index is 5.41. The van der Waals surface area contributed by atoms with Crippen molar-refractivity contribution in [2.75, 3.05) is 19.0 Å². The highest BCUT2D eigenvalue weighted by atomic mass is 16.5. The molecule has 0 aliphatic heterocycles. The van der Waals surface area contributed by atoms with Gasteiger partial charge >= 0.3 is 0 Å². The highest BCUT2D eigenvalue weighted by Crippen LogP contribution is 2.15. The Labute approximate surface area is 174 Å². The molecule has 4 aromatic rings. The van der Waals surface area contributed by atoms with Crippen LogP contribution in [0.25, 0.3) is 22.4 Å². The van der Waals surface area contributed by atoms with Crippen LogP contribution in [-0.2, 0) is 4.74 Å². The molecule has 0 aliphatic rings. The van der Waals surface area contributed by atoms with E-state index in [4.69, 9.17) is 4.74 Å². The highest BCUT2D eigenvalue weighted by molar-refractivity contribution is 5.79. The third kappa shape index (κ3) is 4.59. The standard InChI is InChI=1S/C22H21N7O/c1-22(2,30-3)14-25-21-24-11-9-19(28-21)20-23-10-8-17(27-20)6-4-15-5-7-18-16(12-15)13-26-29-18/h5,7-13H,14H2,1-3H3,(H,26,29)(H,24,25,28). The smallest absolute Gasteiger partial charge is 0.223 e. The first-order valence-corrected chi connectivity index (χ1v) is 9.43. The van der Waals surface area contributed by atoms with Crippen molar-refractivity contribution in [2.45, 2.75) is 19.4 Å². The maximum Gasteiger partial charge on any atom is 0.223 e. The molecular weight excluding hydrogens is 378 g/mol. The summed E-state index contributed by atoms with van der Waals surface area (Å²) in [7, 11) is 1.67. The molecule has 3 aromatic heterocycles. The number of H-pyrrole nitrogens is 1. The zero-order valence-corrected chi connectivity index (χ0v) is 17.0. The summed E-state index contributed by atoms with van der Waals surface area (Å²) in [6.45, 7) is 4.54. The molecule has 0 bridgehead atoms. The summed E-state index contributed by atoms with van der Waals surface area (Å²) in [5.74, 6) is 7.20. The van der Waals surface area contributed by atoms with Gasteiger partial charge in [-0.25, -0.2) is 19.9 Å². The number of anilines is 1. The summed E-state index contributed by atoms with van der Waals surface area (Å²) in [5.41, 5.74) is 2.77. The minimum absolute atomic E-state index is 0.329. The molecule has 0 radical (unpaired) electrons. The minimum atomic E-state index is -0.329. The summed E-state index contributed by atoms with van der Waals surface area (Å²) >= 11 is 0. The lowest BCUT2D eigenvalue weighted by Gasteiger charge is -2.23. The summed E-state index contributed by atoms with van der Waals surface area (Å²) in [4.78, 5) is 17.6. The van der Waals surface area contributed by atoms with Gasteiger partial charge in [0.25, 0.3) is 0 Å². The second-order valence-corrected chi connectivity index (χ2v) is 7.27. The molecule has 3 heterocycles. The predicted octanol–water partition coefficient (Wildman–Crippen LogP) is 3.05. The van der Waals surface area contributed by atoms with Crippen LogP contribution >= 0.6 is 0 Å². The Morgan fingerprint density at radius 1 is 1.07 bits per heavy atom. The number of aromatic nitrogens is 6. The molecule has 0 spiro atoms. The molecule has 0 atom stereocenters. The average Bonchev–Trinajstić information content (AvgIpc) is 3.25. The fraction of sp³-hybridized carbons (Fsp3) is 0.227. The van der Waals surface area contributed by atoms with E-state index in [1.165, 1.54) is 0 Å². The van der Waals surface area contributed by atoms with Gasteiger partial charge in [0.1, 0.15) is 11.4 Å². The number of fused-ring (bicyclic) bond motifs is 1. The molecule has 150 valence electrons. The minimum Gasteiger partial charge on any atom is -0.377 e. The van der Waals surface area contributed by atoms with Gasteiger partial charge < -0.3 is 10.1 Å². The number of benzene rings is 1. The number of nitrogens with one attached hydrogen (secondary N) is 2. The Balaban J connectivity index is 1.54. The van der Waals surface area contributed by atoms with E-state index in [0.29, 0.717) is 29.7 Å².